The average Bonchev–Trinajstić information content (AvgIpc) is 3.40. The topological polar surface area (TPSA) is 74.0 Å². The first-order valence-electron chi connectivity index (χ1n) is 8.91. The summed E-state index contributed by atoms with van der Waals surface area (Å²) in [5.41, 5.74) is 1.62. The van der Waals surface area contributed by atoms with Crippen molar-refractivity contribution in [2.75, 3.05) is 12.4 Å². The van der Waals surface area contributed by atoms with Crippen LogP contribution in [0.15, 0.2) is 73.1 Å². The third-order valence-electron chi connectivity index (χ3n) is 4.37. The van der Waals surface area contributed by atoms with Crippen molar-refractivity contribution in [2.24, 2.45) is 0 Å². The highest BCUT2D eigenvalue weighted by molar-refractivity contribution is 6.04. The molecule has 4 rings (SSSR count). The normalized spacial score (nSPS) is 10.7. The second-order valence-electron chi connectivity index (χ2n) is 6.32. The van der Waals surface area contributed by atoms with E-state index in [1.54, 1.807) is 16.4 Å². The lowest BCUT2D eigenvalue weighted by atomic mass is 10.2. The number of anilines is 1. The number of benzene rings is 2. The predicted molar refractivity (Wildman–Crippen MR) is 106 cm³/mol. The Labute approximate surface area is 166 Å². The van der Waals surface area contributed by atoms with Gasteiger partial charge in [-0.1, -0.05) is 17.3 Å². The number of amides is 1. The molecule has 1 amide bonds. The molecule has 0 atom stereocenters. The van der Waals surface area contributed by atoms with Crippen LogP contribution in [-0.4, -0.2) is 32.6 Å². The standard InChI is InChI=1S/C21H18FN5O2/c1-29-18-10-4-15(5-11-18)14-27-21(26-12-2-3-13-26)19(24-25-27)20(28)23-17-8-6-16(22)7-9-17/h2-13H,14H2,1H3,(H,23,28). The molecular weight excluding hydrogens is 373 g/mol. The molecule has 4 aromatic rings. The maximum absolute atomic E-state index is 13.1. The van der Waals surface area contributed by atoms with Crippen LogP contribution in [0.5, 0.6) is 5.75 Å². The Kier molecular flexibility index (Phi) is 5.07. The van der Waals surface area contributed by atoms with E-state index in [1.165, 1.54) is 24.3 Å². The van der Waals surface area contributed by atoms with Gasteiger partial charge in [-0.25, -0.2) is 9.07 Å². The number of rotatable bonds is 6. The lowest BCUT2D eigenvalue weighted by molar-refractivity contribution is 0.102. The largest absolute Gasteiger partial charge is 0.497 e. The van der Waals surface area contributed by atoms with E-state index in [0.717, 1.165) is 11.3 Å². The Morgan fingerprint density at radius 1 is 1.07 bits per heavy atom. The highest BCUT2D eigenvalue weighted by Crippen LogP contribution is 2.18. The summed E-state index contributed by atoms with van der Waals surface area (Å²) < 4.78 is 21.7. The summed E-state index contributed by atoms with van der Waals surface area (Å²) in [7, 11) is 1.61. The summed E-state index contributed by atoms with van der Waals surface area (Å²) in [5.74, 6) is 0.491. The van der Waals surface area contributed by atoms with Gasteiger partial charge in [-0.3, -0.25) is 4.79 Å². The number of nitrogens with zero attached hydrogens (tertiary/aromatic N) is 4. The van der Waals surface area contributed by atoms with Gasteiger partial charge >= 0.3 is 0 Å². The molecule has 0 radical (unpaired) electrons. The summed E-state index contributed by atoms with van der Waals surface area (Å²) in [6.07, 6.45) is 3.63. The molecule has 0 saturated heterocycles. The molecule has 1 N–H and O–H groups in total. The molecular formula is C21H18FN5O2. The molecule has 2 heterocycles. The van der Waals surface area contributed by atoms with Crippen molar-refractivity contribution in [3.8, 4) is 11.6 Å². The summed E-state index contributed by atoms with van der Waals surface area (Å²) >= 11 is 0. The lowest BCUT2D eigenvalue weighted by Crippen LogP contribution is -2.16. The smallest absolute Gasteiger partial charge is 0.280 e. The van der Waals surface area contributed by atoms with Gasteiger partial charge < -0.3 is 14.6 Å². The molecule has 0 aliphatic rings. The number of nitrogens with one attached hydrogen (secondary N) is 1. The Morgan fingerprint density at radius 2 is 1.76 bits per heavy atom. The molecule has 2 aromatic heterocycles. The number of methoxy groups -OCH3 is 1. The second-order valence-corrected chi connectivity index (χ2v) is 6.32. The third kappa shape index (κ3) is 4.01. The molecule has 0 unspecified atom stereocenters. The van der Waals surface area contributed by atoms with Crippen molar-refractivity contribution in [2.45, 2.75) is 6.54 Å². The van der Waals surface area contributed by atoms with Crippen LogP contribution in [-0.2, 0) is 6.54 Å². The second kappa shape index (κ2) is 7.97. The SMILES string of the molecule is COc1ccc(Cn2nnc(C(=O)Nc3ccc(F)cc3)c2-n2cccc2)cc1. The van der Waals surface area contributed by atoms with E-state index in [9.17, 15) is 9.18 Å². The zero-order valence-corrected chi connectivity index (χ0v) is 15.6. The minimum Gasteiger partial charge on any atom is -0.497 e. The van der Waals surface area contributed by atoms with Crippen molar-refractivity contribution in [3.05, 3.63) is 90.1 Å². The first-order valence-corrected chi connectivity index (χ1v) is 8.91. The minimum atomic E-state index is -0.429. The molecule has 146 valence electrons. The van der Waals surface area contributed by atoms with Crippen molar-refractivity contribution in [1.29, 1.82) is 0 Å². The Balaban J connectivity index is 1.65. The molecule has 7 nitrogen and oxygen atoms in total. The van der Waals surface area contributed by atoms with Crippen LogP contribution in [0.1, 0.15) is 16.1 Å². The molecule has 8 heteroatoms. The number of hydrogen-bond donors (Lipinski definition) is 1. The molecule has 2 aromatic carbocycles. The van der Waals surface area contributed by atoms with E-state index in [2.05, 4.69) is 15.6 Å². The van der Waals surface area contributed by atoms with E-state index in [-0.39, 0.29) is 11.5 Å². The molecule has 0 aliphatic heterocycles. The van der Waals surface area contributed by atoms with Gasteiger partial charge in [0.1, 0.15) is 11.6 Å². The number of aromatic nitrogens is 4. The summed E-state index contributed by atoms with van der Waals surface area (Å²) in [5, 5.41) is 11.0. The first-order chi connectivity index (χ1) is 14.1. The van der Waals surface area contributed by atoms with Crippen molar-refractivity contribution in [1.82, 2.24) is 19.6 Å². The third-order valence-corrected chi connectivity index (χ3v) is 4.37. The van der Waals surface area contributed by atoms with E-state index >= 15 is 0 Å². The van der Waals surface area contributed by atoms with Crippen molar-refractivity contribution in [3.63, 3.8) is 0 Å². The van der Waals surface area contributed by atoms with Crippen molar-refractivity contribution < 1.29 is 13.9 Å². The van der Waals surface area contributed by atoms with Gasteiger partial charge in [-0.15, -0.1) is 5.10 Å². The molecule has 0 saturated carbocycles. The van der Waals surface area contributed by atoms with Crippen LogP contribution in [0.2, 0.25) is 0 Å². The number of ether oxygens (including phenoxy) is 1. The Morgan fingerprint density at radius 3 is 2.41 bits per heavy atom. The fourth-order valence-corrected chi connectivity index (χ4v) is 2.92. The first kappa shape index (κ1) is 18.4. The fraction of sp³-hybridized carbons (Fsp3) is 0.0952. The monoisotopic (exact) mass is 391 g/mol. The van der Waals surface area contributed by atoms with Crippen LogP contribution in [0, 0.1) is 5.82 Å². The number of carbonyl (C=O) groups is 1. The highest BCUT2D eigenvalue weighted by atomic mass is 19.1. The average molecular weight is 391 g/mol. The number of hydrogen-bond acceptors (Lipinski definition) is 4. The fourth-order valence-electron chi connectivity index (χ4n) is 2.92. The molecule has 0 aliphatic carbocycles. The van der Waals surface area contributed by atoms with E-state index < -0.39 is 5.91 Å². The van der Waals surface area contributed by atoms with Crippen LogP contribution < -0.4 is 10.1 Å². The summed E-state index contributed by atoms with van der Waals surface area (Å²) in [4.78, 5) is 12.8. The highest BCUT2D eigenvalue weighted by Gasteiger charge is 2.21. The number of halogens is 1. The van der Waals surface area contributed by atoms with E-state index in [1.807, 2.05) is 48.8 Å². The van der Waals surface area contributed by atoms with Gasteiger partial charge in [0, 0.05) is 18.1 Å². The summed E-state index contributed by atoms with van der Waals surface area (Å²) in [6, 6.07) is 16.8. The predicted octanol–water partition coefficient (Wildman–Crippen LogP) is 3.52. The van der Waals surface area contributed by atoms with E-state index in [4.69, 9.17) is 4.74 Å². The maximum atomic E-state index is 13.1. The zero-order chi connectivity index (χ0) is 20.2. The molecule has 0 fully saturated rings. The van der Waals surface area contributed by atoms with Gasteiger partial charge in [0.2, 0.25) is 0 Å². The van der Waals surface area contributed by atoms with Crippen LogP contribution >= 0.6 is 0 Å². The van der Waals surface area contributed by atoms with Crippen LogP contribution in [0.4, 0.5) is 10.1 Å². The van der Waals surface area contributed by atoms with Gasteiger partial charge in [0.05, 0.1) is 13.7 Å². The van der Waals surface area contributed by atoms with E-state index in [0.29, 0.717) is 18.1 Å². The zero-order valence-electron chi connectivity index (χ0n) is 15.6. The van der Waals surface area contributed by atoms with Crippen LogP contribution in [0.25, 0.3) is 5.82 Å². The molecule has 0 spiro atoms. The maximum Gasteiger partial charge on any atom is 0.280 e. The molecule has 0 bridgehead atoms. The molecule has 29 heavy (non-hydrogen) atoms. The summed E-state index contributed by atoms with van der Waals surface area (Å²) in [6.45, 7) is 0.425. The van der Waals surface area contributed by atoms with Gasteiger partial charge in [0.15, 0.2) is 11.5 Å². The van der Waals surface area contributed by atoms with Crippen molar-refractivity contribution >= 4 is 11.6 Å². The Hall–Kier alpha value is -3.94. The minimum absolute atomic E-state index is 0.166. The quantitative estimate of drug-likeness (QED) is 0.546. The Bertz CT molecular complexity index is 1100. The number of carbonyl (C=O) groups excluding carboxylic acids is 1. The van der Waals surface area contributed by atoms with Gasteiger partial charge in [-0.2, -0.15) is 0 Å². The van der Waals surface area contributed by atoms with Gasteiger partial charge in [0.25, 0.3) is 5.91 Å². The van der Waals surface area contributed by atoms with Crippen LogP contribution in [0.3, 0.4) is 0 Å². The van der Waals surface area contributed by atoms with Gasteiger partial charge in [-0.05, 0) is 54.1 Å². The lowest BCUT2D eigenvalue weighted by Gasteiger charge is -2.10.